The summed E-state index contributed by atoms with van der Waals surface area (Å²) in [6.07, 6.45) is -2.95. The maximum absolute atomic E-state index is 15.3. The number of hydrogen-bond donors (Lipinski definition) is 0. The van der Waals surface area contributed by atoms with Crippen LogP contribution in [-0.4, -0.2) is 32.2 Å². The smallest absolute Gasteiger partial charge is 0.302 e. The molecule has 3 aromatic heterocycles. The average Bonchev–Trinajstić information content (AvgIpc) is 3.16. The summed E-state index contributed by atoms with van der Waals surface area (Å²) in [4.78, 5) is 22.5. The van der Waals surface area contributed by atoms with Crippen molar-refractivity contribution in [1.82, 2.24) is 19.7 Å². The molecule has 1 aromatic carbocycles. The van der Waals surface area contributed by atoms with E-state index in [1.54, 1.807) is 30.8 Å². The molecule has 4 heterocycles. The number of aromatic nitrogens is 4. The van der Waals surface area contributed by atoms with Gasteiger partial charge in [-0.25, -0.2) is 14.4 Å². The van der Waals surface area contributed by atoms with Crippen LogP contribution in [0.1, 0.15) is 32.9 Å². The number of amides is 1. The number of rotatable bonds is 2. The lowest BCUT2D eigenvalue weighted by molar-refractivity contribution is -0.141. The summed E-state index contributed by atoms with van der Waals surface area (Å²) in [7, 11) is 0. The molecule has 0 fully saturated rings. The fourth-order valence-corrected chi connectivity index (χ4v) is 4.29. The van der Waals surface area contributed by atoms with Crippen LogP contribution in [-0.2, 0) is 12.7 Å². The van der Waals surface area contributed by atoms with Gasteiger partial charge in [-0.3, -0.25) is 9.48 Å². The normalized spacial score (nSPS) is 14.1. The van der Waals surface area contributed by atoms with Gasteiger partial charge in [-0.2, -0.15) is 18.3 Å². The van der Waals surface area contributed by atoms with E-state index in [2.05, 4.69) is 15.1 Å². The largest absolute Gasteiger partial charge is 0.433 e. The zero-order valence-electron chi connectivity index (χ0n) is 18.5. The highest BCUT2D eigenvalue weighted by molar-refractivity contribution is 6.06. The first-order chi connectivity index (χ1) is 16.0. The Bertz CT molecular complexity index is 1470. The summed E-state index contributed by atoms with van der Waals surface area (Å²) in [5.41, 5.74) is 2.62. The third-order valence-corrected chi connectivity index (χ3v) is 6.00. The minimum absolute atomic E-state index is 0.108. The van der Waals surface area contributed by atoms with Crippen molar-refractivity contribution in [3.63, 3.8) is 0 Å². The fourth-order valence-electron chi connectivity index (χ4n) is 4.29. The topological polar surface area (TPSA) is 63.9 Å². The van der Waals surface area contributed by atoms with Gasteiger partial charge in [0.05, 0.1) is 35.2 Å². The lowest BCUT2D eigenvalue weighted by Gasteiger charge is -2.29. The molecule has 0 aliphatic carbocycles. The molecule has 174 valence electrons. The minimum Gasteiger partial charge on any atom is -0.302 e. The van der Waals surface area contributed by atoms with Gasteiger partial charge in [0.2, 0.25) is 0 Å². The van der Waals surface area contributed by atoms with Crippen molar-refractivity contribution >= 4 is 22.6 Å². The Morgan fingerprint density at radius 1 is 0.941 bits per heavy atom. The molecule has 0 saturated heterocycles. The molecule has 34 heavy (non-hydrogen) atoms. The molecule has 4 aromatic rings. The van der Waals surface area contributed by atoms with Gasteiger partial charge in [-0.15, -0.1) is 0 Å². The van der Waals surface area contributed by atoms with E-state index in [0.29, 0.717) is 40.1 Å². The van der Waals surface area contributed by atoms with Gasteiger partial charge >= 0.3 is 6.18 Å². The van der Waals surface area contributed by atoms with E-state index < -0.39 is 17.7 Å². The highest BCUT2D eigenvalue weighted by Crippen LogP contribution is 2.34. The van der Waals surface area contributed by atoms with Gasteiger partial charge in [0, 0.05) is 17.7 Å². The summed E-state index contributed by atoms with van der Waals surface area (Å²) in [5, 5.41) is 4.18. The zero-order valence-corrected chi connectivity index (χ0v) is 18.5. The van der Waals surface area contributed by atoms with Gasteiger partial charge < -0.3 is 4.90 Å². The van der Waals surface area contributed by atoms with Crippen LogP contribution in [0.2, 0.25) is 0 Å². The second-order valence-corrected chi connectivity index (χ2v) is 8.36. The standard InChI is InChI=1S/C24H19F4N5O/c1-12-8-19(32-6-7-33-22(23(32)34)14(3)11-29-33)16(25)10-15(12)17-4-5-18-21(31-17)13(2)9-20(30-18)24(26,27)28/h4-5,8-11H,6-7H2,1-3H3. The van der Waals surface area contributed by atoms with E-state index in [4.69, 9.17) is 0 Å². The molecule has 1 aliphatic rings. The molecule has 0 spiro atoms. The first-order valence-electron chi connectivity index (χ1n) is 10.5. The van der Waals surface area contributed by atoms with E-state index in [1.165, 1.54) is 30.0 Å². The van der Waals surface area contributed by atoms with E-state index in [0.717, 1.165) is 11.6 Å². The van der Waals surface area contributed by atoms with E-state index >= 15 is 4.39 Å². The van der Waals surface area contributed by atoms with Crippen LogP contribution in [0.4, 0.5) is 23.2 Å². The highest BCUT2D eigenvalue weighted by Gasteiger charge is 2.33. The molecule has 0 radical (unpaired) electrons. The van der Waals surface area contributed by atoms with Crippen molar-refractivity contribution in [2.24, 2.45) is 0 Å². The summed E-state index contributed by atoms with van der Waals surface area (Å²) < 4.78 is 56.1. The number of nitrogens with zero attached hydrogens (tertiary/aromatic N) is 5. The second kappa shape index (κ2) is 7.61. The predicted molar refractivity (Wildman–Crippen MR) is 118 cm³/mol. The number of aryl methyl sites for hydroxylation is 3. The first kappa shape index (κ1) is 22.0. The average molecular weight is 469 g/mol. The van der Waals surface area contributed by atoms with E-state index in [-0.39, 0.29) is 23.7 Å². The molecular formula is C24H19F4N5O. The molecule has 1 aliphatic heterocycles. The third-order valence-electron chi connectivity index (χ3n) is 6.00. The molecule has 6 nitrogen and oxygen atoms in total. The minimum atomic E-state index is -4.56. The van der Waals surface area contributed by atoms with Gasteiger partial charge in [-0.1, -0.05) is 0 Å². The van der Waals surface area contributed by atoms with Crippen LogP contribution in [0.3, 0.4) is 0 Å². The van der Waals surface area contributed by atoms with Crippen LogP contribution >= 0.6 is 0 Å². The van der Waals surface area contributed by atoms with E-state index in [1.807, 2.05) is 0 Å². The fraction of sp³-hybridized carbons (Fsp3) is 0.250. The van der Waals surface area contributed by atoms with Crippen molar-refractivity contribution in [2.75, 3.05) is 11.4 Å². The summed E-state index contributed by atoms with van der Waals surface area (Å²) in [5.74, 6) is -0.915. The lowest BCUT2D eigenvalue weighted by Crippen LogP contribution is -2.41. The predicted octanol–water partition coefficient (Wildman–Crippen LogP) is 5.24. The van der Waals surface area contributed by atoms with Gasteiger partial charge in [0.15, 0.2) is 0 Å². The summed E-state index contributed by atoms with van der Waals surface area (Å²) in [6.45, 7) is 5.81. The Morgan fingerprint density at radius 2 is 1.71 bits per heavy atom. The van der Waals surface area contributed by atoms with Crippen molar-refractivity contribution in [3.05, 3.63) is 70.4 Å². The number of anilines is 1. The van der Waals surface area contributed by atoms with Crippen LogP contribution < -0.4 is 4.90 Å². The summed E-state index contributed by atoms with van der Waals surface area (Å²) in [6, 6.07) is 6.81. The number of fused-ring (bicyclic) bond motifs is 2. The van der Waals surface area contributed by atoms with Gasteiger partial charge in [0.25, 0.3) is 5.91 Å². The number of alkyl halides is 3. The van der Waals surface area contributed by atoms with Crippen molar-refractivity contribution < 1.29 is 22.4 Å². The third kappa shape index (κ3) is 3.49. The SMILES string of the molecule is Cc1cc(N2CCn3ncc(C)c3C2=O)c(F)cc1-c1ccc2nc(C(F)(F)F)cc(C)c2n1. The van der Waals surface area contributed by atoms with Crippen LogP contribution in [0.5, 0.6) is 0 Å². The van der Waals surface area contributed by atoms with Crippen LogP contribution in [0.15, 0.2) is 36.5 Å². The number of halogens is 4. The van der Waals surface area contributed by atoms with Gasteiger partial charge in [0.1, 0.15) is 17.2 Å². The summed E-state index contributed by atoms with van der Waals surface area (Å²) >= 11 is 0. The molecule has 0 atom stereocenters. The lowest BCUT2D eigenvalue weighted by atomic mass is 10.0. The number of benzene rings is 1. The van der Waals surface area contributed by atoms with Crippen molar-refractivity contribution in [2.45, 2.75) is 33.5 Å². The molecule has 0 bridgehead atoms. The number of hydrogen-bond acceptors (Lipinski definition) is 4. The van der Waals surface area contributed by atoms with Crippen LogP contribution in [0, 0.1) is 26.6 Å². The molecule has 5 rings (SSSR count). The second-order valence-electron chi connectivity index (χ2n) is 8.36. The highest BCUT2D eigenvalue weighted by atomic mass is 19.4. The Hall–Kier alpha value is -3.82. The Balaban J connectivity index is 1.55. The number of carbonyl (C=O) groups is 1. The zero-order chi connectivity index (χ0) is 24.4. The van der Waals surface area contributed by atoms with Crippen molar-refractivity contribution in [1.29, 1.82) is 0 Å². The quantitative estimate of drug-likeness (QED) is 0.377. The molecule has 1 amide bonds. The number of pyridine rings is 2. The molecular weight excluding hydrogens is 450 g/mol. The molecule has 10 heteroatoms. The Kier molecular flexibility index (Phi) is 4.92. The maximum atomic E-state index is 15.3. The molecule has 0 saturated carbocycles. The Morgan fingerprint density at radius 3 is 2.44 bits per heavy atom. The number of carbonyl (C=O) groups excluding carboxylic acids is 1. The van der Waals surface area contributed by atoms with Crippen LogP contribution in [0.25, 0.3) is 22.3 Å². The Labute approximate surface area is 191 Å². The maximum Gasteiger partial charge on any atom is 0.433 e. The van der Waals surface area contributed by atoms with Gasteiger partial charge in [-0.05, 0) is 62.2 Å². The first-order valence-corrected chi connectivity index (χ1v) is 10.5. The molecule has 0 N–H and O–H groups in total. The molecule has 0 unspecified atom stereocenters. The van der Waals surface area contributed by atoms with Crippen molar-refractivity contribution in [3.8, 4) is 11.3 Å². The monoisotopic (exact) mass is 469 g/mol. The van der Waals surface area contributed by atoms with E-state index in [9.17, 15) is 18.0 Å².